The van der Waals surface area contributed by atoms with Crippen LogP contribution in [0.4, 0.5) is 0 Å². The smallest absolute Gasteiger partial charge is 0.229 e. The van der Waals surface area contributed by atoms with Crippen molar-refractivity contribution in [3.8, 4) is 0 Å². The van der Waals surface area contributed by atoms with Gasteiger partial charge in [0.15, 0.2) is 0 Å². The Morgan fingerprint density at radius 2 is 1.67 bits per heavy atom. The summed E-state index contributed by atoms with van der Waals surface area (Å²) in [5.41, 5.74) is 0. The van der Waals surface area contributed by atoms with E-state index in [1.165, 1.54) is 32.1 Å². The molecule has 0 rings (SSSR count). The number of unbranched alkanes of at least 4 members (excludes halogenated alkanes) is 6. The Bertz CT molecular complexity index is 162. The quantitative estimate of drug-likeness (QED) is 0.347. The summed E-state index contributed by atoms with van der Waals surface area (Å²) in [4.78, 5) is 9.61. The Morgan fingerprint density at radius 3 is 2.20 bits per heavy atom. The number of nitro groups is 1. The number of hydrogen-bond acceptors (Lipinski definition) is 3. The minimum Gasteiger partial charge on any atom is -0.386 e. The van der Waals surface area contributed by atoms with Crippen molar-refractivity contribution in [2.45, 2.75) is 64.4 Å². The molecule has 15 heavy (non-hydrogen) atoms. The molecule has 0 spiro atoms. The molecule has 0 aliphatic rings. The van der Waals surface area contributed by atoms with E-state index in [4.69, 9.17) is 0 Å². The maximum atomic E-state index is 10.1. The molecule has 0 aromatic carbocycles. The summed E-state index contributed by atoms with van der Waals surface area (Å²) in [5.74, 6) is 0. The van der Waals surface area contributed by atoms with Gasteiger partial charge in [0.25, 0.3) is 0 Å². The average Bonchev–Trinajstić information content (AvgIpc) is 2.15. The Hall–Kier alpha value is -0.640. The van der Waals surface area contributed by atoms with Gasteiger partial charge in [-0.1, -0.05) is 51.9 Å². The lowest BCUT2D eigenvalue weighted by Crippen LogP contribution is -2.18. The molecular formula is C11H23NO3. The summed E-state index contributed by atoms with van der Waals surface area (Å²) >= 11 is 0. The third kappa shape index (κ3) is 11.3. The first kappa shape index (κ1) is 14.4. The predicted molar refractivity (Wildman–Crippen MR) is 60.5 cm³/mol. The van der Waals surface area contributed by atoms with Crippen LogP contribution in [-0.4, -0.2) is 22.7 Å². The van der Waals surface area contributed by atoms with Gasteiger partial charge in [0.2, 0.25) is 6.54 Å². The van der Waals surface area contributed by atoms with Crippen LogP contribution in [0, 0.1) is 10.1 Å². The zero-order valence-corrected chi connectivity index (χ0v) is 9.65. The molecule has 90 valence electrons. The van der Waals surface area contributed by atoms with Crippen LogP contribution in [0.2, 0.25) is 0 Å². The molecule has 0 aromatic heterocycles. The summed E-state index contributed by atoms with van der Waals surface area (Å²) in [7, 11) is 0. The average molecular weight is 217 g/mol. The van der Waals surface area contributed by atoms with Gasteiger partial charge in [-0.2, -0.15) is 0 Å². The molecule has 0 aliphatic heterocycles. The van der Waals surface area contributed by atoms with Crippen molar-refractivity contribution >= 4 is 0 Å². The van der Waals surface area contributed by atoms with Crippen molar-refractivity contribution in [2.24, 2.45) is 0 Å². The van der Waals surface area contributed by atoms with Crippen LogP contribution in [0.5, 0.6) is 0 Å². The number of nitrogens with zero attached hydrogens (tertiary/aromatic N) is 1. The Morgan fingerprint density at radius 1 is 1.13 bits per heavy atom. The highest BCUT2D eigenvalue weighted by molar-refractivity contribution is 4.54. The first-order valence-electron chi connectivity index (χ1n) is 5.96. The van der Waals surface area contributed by atoms with E-state index in [0.717, 1.165) is 12.8 Å². The predicted octanol–water partition coefficient (Wildman–Crippen LogP) is 2.76. The highest BCUT2D eigenvalue weighted by Gasteiger charge is 2.09. The molecular weight excluding hydrogens is 194 g/mol. The second-order valence-electron chi connectivity index (χ2n) is 4.08. The second-order valence-corrected chi connectivity index (χ2v) is 4.08. The zero-order valence-electron chi connectivity index (χ0n) is 9.65. The topological polar surface area (TPSA) is 63.4 Å². The molecule has 4 heteroatoms. The van der Waals surface area contributed by atoms with Crippen LogP contribution in [0.3, 0.4) is 0 Å². The van der Waals surface area contributed by atoms with Gasteiger partial charge in [0.1, 0.15) is 6.10 Å². The van der Waals surface area contributed by atoms with Gasteiger partial charge >= 0.3 is 0 Å². The summed E-state index contributed by atoms with van der Waals surface area (Å²) < 4.78 is 0. The first-order valence-corrected chi connectivity index (χ1v) is 5.96. The summed E-state index contributed by atoms with van der Waals surface area (Å²) in [6.07, 6.45) is 8.06. The van der Waals surface area contributed by atoms with E-state index in [-0.39, 0.29) is 6.54 Å². The molecule has 0 heterocycles. The highest BCUT2D eigenvalue weighted by Crippen LogP contribution is 2.09. The SMILES string of the molecule is CCCCCCCCCC(O)C[N+](=O)[O-]. The maximum absolute atomic E-state index is 10.1. The van der Waals surface area contributed by atoms with E-state index in [2.05, 4.69) is 6.92 Å². The maximum Gasteiger partial charge on any atom is 0.229 e. The van der Waals surface area contributed by atoms with E-state index in [9.17, 15) is 15.2 Å². The van der Waals surface area contributed by atoms with Crippen LogP contribution in [0.1, 0.15) is 58.3 Å². The molecule has 1 N–H and O–H groups in total. The number of aliphatic hydroxyl groups is 1. The van der Waals surface area contributed by atoms with Gasteiger partial charge in [-0.15, -0.1) is 0 Å². The van der Waals surface area contributed by atoms with Gasteiger partial charge in [0.05, 0.1) is 0 Å². The number of hydrogen-bond donors (Lipinski definition) is 1. The van der Waals surface area contributed by atoms with Gasteiger partial charge in [-0.05, 0) is 6.42 Å². The van der Waals surface area contributed by atoms with Crippen LogP contribution < -0.4 is 0 Å². The van der Waals surface area contributed by atoms with E-state index in [1.807, 2.05) is 0 Å². The van der Waals surface area contributed by atoms with Crippen molar-refractivity contribution in [1.82, 2.24) is 0 Å². The van der Waals surface area contributed by atoms with Gasteiger partial charge < -0.3 is 5.11 Å². The van der Waals surface area contributed by atoms with Crippen molar-refractivity contribution in [2.75, 3.05) is 6.54 Å². The van der Waals surface area contributed by atoms with Crippen molar-refractivity contribution in [3.05, 3.63) is 10.1 Å². The minimum atomic E-state index is -0.754. The minimum absolute atomic E-state index is 0.310. The highest BCUT2D eigenvalue weighted by atomic mass is 16.6. The Labute approximate surface area is 91.8 Å². The lowest BCUT2D eigenvalue weighted by atomic mass is 10.1. The van der Waals surface area contributed by atoms with E-state index >= 15 is 0 Å². The van der Waals surface area contributed by atoms with Crippen molar-refractivity contribution in [3.63, 3.8) is 0 Å². The van der Waals surface area contributed by atoms with Crippen LogP contribution in [-0.2, 0) is 0 Å². The van der Waals surface area contributed by atoms with E-state index in [1.54, 1.807) is 0 Å². The summed E-state index contributed by atoms with van der Waals surface area (Å²) in [5, 5.41) is 19.3. The fourth-order valence-electron chi connectivity index (χ4n) is 1.60. The van der Waals surface area contributed by atoms with Crippen molar-refractivity contribution < 1.29 is 10.0 Å². The summed E-state index contributed by atoms with van der Waals surface area (Å²) in [6.45, 7) is 1.88. The lowest BCUT2D eigenvalue weighted by molar-refractivity contribution is -0.490. The third-order valence-electron chi connectivity index (χ3n) is 2.50. The second kappa shape index (κ2) is 9.90. The van der Waals surface area contributed by atoms with Crippen LogP contribution in [0.25, 0.3) is 0 Å². The molecule has 0 aliphatic carbocycles. The van der Waals surface area contributed by atoms with Gasteiger partial charge in [-0.3, -0.25) is 10.1 Å². The molecule has 0 fully saturated rings. The largest absolute Gasteiger partial charge is 0.386 e. The summed E-state index contributed by atoms with van der Waals surface area (Å²) in [6, 6.07) is 0. The van der Waals surface area contributed by atoms with Gasteiger partial charge in [0, 0.05) is 4.92 Å². The van der Waals surface area contributed by atoms with Crippen molar-refractivity contribution in [1.29, 1.82) is 0 Å². The molecule has 1 unspecified atom stereocenters. The van der Waals surface area contributed by atoms with Crippen LogP contribution >= 0.6 is 0 Å². The molecule has 0 bridgehead atoms. The molecule has 4 nitrogen and oxygen atoms in total. The fraction of sp³-hybridized carbons (Fsp3) is 1.00. The van der Waals surface area contributed by atoms with Gasteiger partial charge in [-0.25, -0.2) is 0 Å². The lowest BCUT2D eigenvalue weighted by Gasteiger charge is -2.05. The standard InChI is InChI=1S/C11H23NO3/c1-2-3-4-5-6-7-8-9-11(13)10-12(14)15/h11,13H,2-10H2,1H3. The molecule has 0 amide bonds. The number of aliphatic hydroxyl groups excluding tert-OH is 1. The molecule has 0 radical (unpaired) electrons. The Balaban J connectivity index is 3.13. The third-order valence-corrected chi connectivity index (χ3v) is 2.50. The molecule has 1 atom stereocenters. The molecule has 0 saturated carbocycles. The molecule has 0 aromatic rings. The van der Waals surface area contributed by atoms with E-state index < -0.39 is 11.0 Å². The fourth-order valence-corrected chi connectivity index (χ4v) is 1.60. The van der Waals surface area contributed by atoms with Crippen LogP contribution in [0.15, 0.2) is 0 Å². The first-order chi connectivity index (χ1) is 7.16. The normalized spacial score (nSPS) is 12.7. The zero-order chi connectivity index (χ0) is 11.5. The Kier molecular flexibility index (Phi) is 9.48. The van der Waals surface area contributed by atoms with E-state index in [0.29, 0.717) is 6.42 Å². The monoisotopic (exact) mass is 217 g/mol. The molecule has 0 saturated heterocycles. The number of rotatable bonds is 10.